The van der Waals surface area contributed by atoms with Gasteiger partial charge in [0.25, 0.3) is 11.8 Å². The Balaban J connectivity index is 1.47. The van der Waals surface area contributed by atoms with Gasteiger partial charge in [0.2, 0.25) is 0 Å². The zero-order chi connectivity index (χ0) is 17.6. The van der Waals surface area contributed by atoms with Crippen LogP contribution in [-0.4, -0.2) is 40.1 Å². The molecule has 0 unspecified atom stereocenters. The van der Waals surface area contributed by atoms with E-state index >= 15 is 0 Å². The Kier molecular flexibility index (Phi) is 4.91. The molecule has 4 N–H and O–H groups in total. The maximum Gasteiger partial charge on any atom is 0.287 e. The van der Waals surface area contributed by atoms with Gasteiger partial charge in [0.1, 0.15) is 12.4 Å². The number of hydroxylamine groups is 1. The Morgan fingerprint density at radius 3 is 2.56 bits per heavy atom. The van der Waals surface area contributed by atoms with Gasteiger partial charge in [0.15, 0.2) is 5.82 Å². The number of para-hydroxylation sites is 2. The zero-order valence-electron chi connectivity index (χ0n) is 13.2. The normalized spacial score (nSPS) is 10.4. The van der Waals surface area contributed by atoms with E-state index in [1.54, 1.807) is 17.6 Å². The minimum absolute atomic E-state index is 0.251. The molecule has 2 aromatic carbocycles. The van der Waals surface area contributed by atoms with Crippen LogP contribution in [0.3, 0.4) is 0 Å². The number of ether oxygens (including phenoxy) is 1. The van der Waals surface area contributed by atoms with Gasteiger partial charge in [-0.2, -0.15) is 0 Å². The summed E-state index contributed by atoms with van der Waals surface area (Å²) in [5, 5.41) is 11.3. The van der Waals surface area contributed by atoms with E-state index in [1.165, 1.54) is 12.1 Å². The van der Waals surface area contributed by atoms with Crippen molar-refractivity contribution in [3.05, 3.63) is 59.9 Å². The standard InChI is InChI=1S/C17H16N4O4/c22-16(21-24)11-5-7-12(8-6-11)25-10-9-18-17(23)15-19-13-3-1-2-4-14(13)20-15/h1-8,24H,9-10H2,(H,18,23)(H,19,20)(H,21,22). The van der Waals surface area contributed by atoms with Crippen molar-refractivity contribution in [3.8, 4) is 5.75 Å². The number of hydrogen-bond acceptors (Lipinski definition) is 5. The predicted octanol–water partition coefficient (Wildman–Crippen LogP) is 1.49. The molecule has 0 saturated heterocycles. The topological polar surface area (TPSA) is 116 Å². The Hall–Kier alpha value is -3.39. The van der Waals surface area contributed by atoms with Gasteiger partial charge < -0.3 is 15.0 Å². The third-order valence-corrected chi connectivity index (χ3v) is 3.48. The highest BCUT2D eigenvalue weighted by Crippen LogP contribution is 2.12. The van der Waals surface area contributed by atoms with Crippen molar-refractivity contribution in [2.24, 2.45) is 0 Å². The molecule has 0 atom stereocenters. The van der Waals surface area contributed by atoms with Crippen molar-refractivity contribution in [1.82, 2.24) is 20.8 Å². The van der Waals surface area contributed by atoms with Gasteiger partial charge in [-0.25, -0.2) is 10.5 Å². The fraction of sp³-hybridized carbons (Fsp3) is 0.118. The maximum absolute atomic E-state index is 12.0. The lowest BCUT2D eigenvalue weighted by Gasteiger charge is -2.07. The molecule has 0 aliphatic carbocycles. The van der Waals surface area contributed by atoms with Crippen molar-refractivity contribution in [2.45, 2.75) is 0 Å². The van der Waals surface area contributed by atoms with E-state index in [4.69, 9.17) is 9.94 Å². The van der Waals surface area contributed by atoms with Gasteiger partial charge >= 0.3 is 0 Å². The second-order valence-electron chi connectivity index (χ2n) is 5.17. The van der Waals surface area contributed by atoms with Crippen LogP contribution in [0.5, 0.6) is 5.75 Å². The highest BCUT2D eigenvalue weighted by molar-refractivity contribution is 5.94. The molecule has 0 saturated carbocycles. The summed E-state index contributed by atoms with van der Waals surface area (Å²) in [6.45, 7) is 0.562. The molecule has 1 aromatic heterocycles. The van der Waals surface area contributed by atoms with E-state index in [9.17, 15) is 9.59 Å². The number of nitrogens with one attached hydrogen (secondary N) is 3. The number of amides is 2. The minimum atomic E-state index is -0.593. The van der Waals surface area contributed by atoms with Gasteiger partial charge in [-0.05, 0) is 36.4 Å². The Labute approximate surface area is 142 Å². The molecule has 0 bridgehead atoms. The molecule has 0 radical (unpaired) electrons. The first-order valence-electron chi connectivity index (χ1n) is 7.57. The van der Waals surface area contributed by atoms with Gasteiger partial charge in [-0.1, -0.05) is 12.1 Å². The first kappa shape index (κ1) is 16.5. The SMILES string of the molecule is O=C(NO)c1ccc(OCCNC(=O)c2nc3ccccc3[nH]2)cc1. The molecule has 0 aliphatic heterocycles. The summed E-state index contributed by atoms with van der Waals surface area (Å²) in [7, 11) is 0. The van der Waals surface area contributed by atoms with Crippen molar-refractivity contribution >= 4 is 22.8 Å². The van der Waals surface area contributed by atoms with Gasteiger partial charge in [0.05, 0.1) is 17.6 Å². The summed E-state index contributed by atoms with van der Waals surface area (Å²) in [4.78, 5) is 30.4. The van der Waals surface area contributed by atoms with E-state index in [-0.39, 0.29) is 18.3 Å². The minimum Gasteiger partial charge on any atom is -0.492 e. The molecule has 3 rings (SSSR count). The van der Waals surface area contributed by atoms with Crippen LogP contribution in [0, 0.1) is 0 Å². The monoisotopic (exact) mass is 340 g/mol. The molecule has 0 aliphatic rings. The number of imidazole rings is 1. The van der Waals surface area contributed by atoms with Gasteiger partial charge in [-0.3, -0.25) is 14.8 Å². The number of hydrogen-bond donors (Lipinski definition) is 4. The predicted molar refractivity (Wildman–Crippen MR) is 89.6 cm³/mol. The summed E-state index contributed by atoms with van der Waals surface area (Å²) in [5.41, 5.74) is 3.40. The summed E-state index contributed by atoms with van der Waals surface area (Å²) in [6.07, 6.45) is 0. The van der Waals surface area contributed by atoms with Crippen molar-refractivity contribution in [3.63, 3.8) is 0 Å². The van der Waals surface area contributed by atoms with Crippen molar-refractivity contribution < 1.29 is 19.5 Å². The number of nitrogens with zero attached hydrogens (tertiary/aromatic N) is 1. The average Bonchev–Trinajstić information content (AvgIpc) is 3.09. The van der Waals surface area contributed by atoms with Crippen LogP contribution < -0.4 is 15.5 Å². The third-order valence-electron chi connectivity index (χ3n) is 3.48. The van der Waals surface area contributed by atoms with Gasteiger partial charge in [0, 0.05) is 5.56 Å². The first-order valence-corrected chi connectivity index (χ1v) is 7.57. The molecule has 25 heavy (non-hydrogen) atoms. The summed E-state index contributed by atoms with van der Waals surface area (Å²) < 4.78 is 5.48. The molecule has 0 spiro atoms. The van der Waals surface area contributed by atoms with E-state index in [0.29, 0.717) is 17.9 Å². The van der Waals surface area contributed by atoms with Gasteiger partial charge in [-0.15, -0.1) is 0 Å². The fourth-order valence-corrected chi connectivity index (χ4v) is 2.24. The first-order chi connectivity index (χ1) is 12.2. The van der Waals surface area contributed by atoms with Crippen molar-refractivity contribution in [1.29, 1.82) is 0 Å². The maximum atomic E-state index is 12.0. The van der Waals surface area contributed by atoms with Crippen LogP contribution >= 0.6 is 0 Å². The van der Waals surface area contributed by atoms with Crippen LogP contribution in [-0.2, 0) is 0 Å². The second-order valence-corrected chi connectivity index (χ2v) is 5.17. The zero-order valence-corrected chi connectivity index (χ0v) is 13.2. The van der Waals surface area contributed by atoms with Crippen LogP contribution in [0.15, 0.2) is 48.5 Å². The largest absolute Gasteiger partial charge is 0.492 e. The number of carbonyl (C=O) groups excluding carboxylic acids is 2. The number of aromatic nitrogens is 2. The Bertz CT molecular complexity index is 856. The van der Waals surface area contributed by atoms with Crippen molar-refractivity contribution in [2.75, 3.05) is 13.2 Å². The fourth-order valence-electron chi connectivity index (χ4n) is 2.24. The van der Waals surface area contributed by atoms with E-state index in [0.717, 1.165) is 11.0 Å². The summed E-state index contributed by atoms with van der Waals surface area (Å²) in [5.74, 6) is -0.104. The van der Waals surface area contributed by atoms with Crippen LogP contribution in [0.4, 0.5) is 0 Å². The molecule has 1 heterocycles. The third kappa shape index (κ3) is 3.93. The number of benzene rings is 2. The molecule has 2 amide bonds. The molecule has 3 aromatic rings. The highest BCUT2D eigenvalue weighted by atomic mass is 16.5. The Morgan fingerprint density at radius 1 is 1.08 bits per heavy atom. The molecular weight excluding hydrogens is 324 g/mol. The smallest absolute Gasteiger partial charge is 0.287 e. The van der Waals surface area contributed by atoms with Crippen LogP contribution in [0.25, 0.3) is 11.0 Å². The number of aromatic amines is 1. The molecule has 0 fully saturated rings. The number of rotatable bonds is 6. The second kappa shape index (κ2) is 7.45. The molecule has 128 valence electrons. The average molecular weight is 340 g/mol. The summed E-state index contributed by atoms with van der Waals surface area (Å²) in [6, 6.07) is 13.6. The highest BCUT2D eigenvalue weighted by Gasteiger charge is 2.10. The quantitative estimate of drug-likeness (QED) is 0.308. The molecule has 8 nitrogen and oxygen atoms in total. The van der Waals surface area contributed by atoms with E-state index < -0.39 is 5.91 Å². The number of carbonyl (C=O) groups is 2. The van der Waals surface area contributed by atoms with Crippen LogP contribution in [0.2, 0.25) is 0 Å². The summed E-state index contributed by atoms with van der Waals surface area (Å²) >= 11 is 0. The lowest BCUT2D eigenvalue weighted by atomic mass is 10.2. The lowest BCUT2D eigenvalue weighted by Crippen LogP contribution is -2.28. The van der Waals surface area contributed by atoms with E-state index in [2.05, 4.69) is 15.3 Å². The van der Waals surface area contributed by atoms with E-state index in [1.807, 2.05) is 24.3 Å². The molecular formula is C17H16N4O4. The Morgan fingerprint density at radius 2 is 1.84 bits per heavy atom. The number of fused-ring (bicyclic) bond motifs is 1. The number of H-pyrrole nitrogens is 1. The molecule has 8 heteroatoms. The lowest BCUT2D eigenvalue weighted by molar-refractivity contribution is 0.0706. The van der Waals surface area contributed by atoms with Crippen LogP contribution in [0.1, 0.15) is 21.0 Å².